The summed E-state index contributed by atoms with van der Waals surface area (Å²) >= 11 is 0. The van der Waals surface area contributed by atoms with E-state index in [1.54, 1.807) is 0 Å². The predicted molar refractivity (Wildman–Crippen MR) is 45.3 cm³/mol. The summed E-state index contributed by atoms with van der Waals surface area (Å²) in [5.74, 6) is 2.10. The van der Waals surface area contributed by atoms with Gasteiger partial charge in [0.05, 0.1) is 7.11 Å². The van der Waals surface area contributed by atoms with Gasteiger partial charge in [-0.2, -0.15) is 0 Å². The Morgan fingerprint density at radius 3 is 2.36 bits per heavy atom. The molecular formula is C10H6F2O2. The fourth-order valence-corrected chi connectivity index (χ4v) is 0.800. The van der Waals surface area contributed by atoms with Crippen LogP contribution in [0.2, 0.25) is 0 Å². The Morgan fingerprint density at radius 2 is 1.86 bits per heavy atom. The van der Waals surface area contributed by atoms with Gasteiger partial charge in [0.1, 0.15) is 11.6 Å². The first kappa shape index (κ1) is 10.2. The fraction of sp³-hybridized carbons (Fsp3) is 0.100. The van der Waals surface area contributed by atoms with E-state index in [1.165, 1.54) is 7.11 Å². The Hall–Kier alpha value is -1.89. The maximum absolute atomic E-state index is 12.6. The molecule has 4 heteroatoms. The van der Waals surface area contributed by atoms with Crippen LogP contribution < -0.4 is 0 Å². The number of hydrogen-bond donors (Lipinski definition) is 0. The van der Waals surface area contributed by atoms with Crippen molar-refractivity contribution in [1.82, 2.24) is 0 Å². The molecule has 0 fully saturated rings. The van der Waals surface area contributed by atoms with Gasteiger partial charge in [0, 0.05) is 17.6 Å². The van der Waals surface area contributed by atoms with Crippen LogP contribution >= 0.6 is 0 Å². The molecule has 0 spiro atoms. The van der Waals surface area contributed by atoms with Gasteiger partial charge in [-0.15, -0.1) is 0 Å². The molecule has 0 atom stereocenters. The van der Waals surface area contributed by atoms with Crippen molar-refractivity contribution >= 4 is 5.97 Å². The Kier molecular flexibility index (Phi) is 3.19. The van der Waals surface area contributed by atoms with Gasteiger partial charge in [-0.05, 0) is 12.1 Å². The van der Waals surface area contributed by atoms with Crippen LogP contribution in [0.4, 0.5) is 8.78 Å². The summed E-state index contributed by atoms with van der Waals surface area (Å²) in [5.41, 5.74) is 0.0906. The first-order valence-corrected chi connectivity index (χ1v) is 3.68. The summed E-state index contributed by atoms with van der Waals surface area (Å²) < 4.78 is 29.5. The predicted octanol–water partition coefficient (Wildman–Crippen LogP) is 1.49. The Bertz CT molecular complexity index is 396. The van der Waals surface area contributed by atoms with Crippen molar-refractivity contribution in [1.29, 1.82) is 0 Å². The van der Waals surface area contributed by atoms with Gasteiger partial charge >= 0.3 is 5.97 Å². The van der Waals surface area contributed by atoms with Crippen molar-refractivity contribution in [2.75, 3.05) is 7.11 Å². The van der Waals surface area contributed by atoms with Gasteiger partial charge in [0.25, 0.3) is 0 Å². The molecule has 0 aromatic heterocycles. The van der Waals surface area contributed by atoms with Gasteiger partial charge in [-0.3, -0.25) is 0 Å². The van der Waals surface area contributed by atoms with E-state index >= 15 is 0 Å². The zero-order chi connectivity index (χ0) is 10.6. The van der Waals surface area contributed by atoms with E-state index in [2.05, 4.69) is 16.6 Å². The monoisotopic (exact) mass is 196 g/mol. The van der Waals surface area contributed by atoms with E-state index in [9.17, 15) is 13.6 Å². The third-order valence-electron chi connectivity index (χ3n) is 1.36. The van der Waals surface area contributed by atoms with E-state index in [0.717, 1.165) is 18.2 Å². The molecule has 1 rings (SSSR count). The van der Waals surface area contributed by atoms with Crippen LogP contribution in [0.25, 0.3) is 0 Å². The normalized spacial score (nSPS) is 8.79. The molecule has 0 bridgehead atoms. The minimum absolute atomic E-state index is 0.0906. The van der Waals surface area contributed by atoms with Crippen LogP contribution in [0.15, 0.2) is 18.2 Å². The smallest absolute Gasteiger partial charge is 0.384 e. The summed E-state index contributed by atoms with van der Waals surface area (Å²) in [6.45, 7) is 0. The van der Waals surface area contributed by atoms with Crippen LogP contribution in [0.5, 0.6) is 0 Å². The van der Waals surface area contributed by atoms with E-state index in [4.69, 9.17) is 0 Å². The van der Waals surface area contributed by atoms with Gasteiger partial charge in [-0.1, -0.05) is 5.92 Å². The van der Waals surface area contributed by atoms with E-state index in [-0.39, 0.29) is 5.56 Å². The van der Waals surface area contributed by atoms with Crippen LogP contribution in [0.3, 0.4) is 0 Å². The molecule has 1 aromatic carbocycles. The minimum Gasteiger partial charge on any atom is -0.459 e. The maximum Gasteiger partial charge on any atom is 0.384 e. The van der Waals surface area contributed by atoms with Gasteiger partial charge in [0.2, 0.25) is 0 Å². The molecule has 0 amide bonds. The lowest BCUT2D eigenvalue weighted by Gasteiger charge is -1.92. The quantitative estimate of drug-likeness (QED) is 0.464. The average molecular weight is 196 g/mol. The Labute approximate surface area is 79.5 Å². The van der Waals surface area contributed by atoms with E-state index in [0.29, 0.717) is 0 Å². The molecule has 0 saturated heterocycles. The van der Waals surface area contributed by atoms with E-state index < -0.39 is 17.6 Å². The molecule has 0 aliphatic rings. The molecule has 0 saturated carbocycles. The molecule has 0 aliphatic heterocycles. The Morgan fingerprint density at radius 1 is 1.29 bits per heavy atom. The molecular weight excluding hydrogens is 190 g/mol. The lowest BCUT2D eigenvalue weighted by molar-refractivity contribution is -0.133. The number of carbonyl (C=O) groups is 1. The second-order valence-corrected chi connectivity index (χ2v) is 2.40. The number of esters is 1. The third-order valence-corrected chi connectivity index (χ3v) is 1.36. The summed E-state index contributed by atoms with van der Waals surface area (Å²) in [6.07, 6.45) is 0. The molecule has 0 radical (unpaired) electrons. The Balaban J connectivity index is 2.95. The average Bonchev–Trinajstić information content (AvgIpc) is 2.12. The van der Waals surface area contributed by atoms with Crippen LogP contribution in [-0.4, -0.2) is 13.1 Å². The number of methoxy groups -OCH3 is 1. The lowest BCUT2D eigenvalue weighted by Crippen LogP contribution is -1.94. The molecule has 1 aromatic rings. The zero-order valence-electron chi connectivity index (χ0n) is 7.30. The highest BCUT2D eigenvalue weighted by atomic mass is 19.1. The largest absolute Gasteiger partial charge is 0.459 e. The molecule has 0 aliphatic carbocycles. The van der Waals surface area contributed by atoms with Crippen LogP contribution in [0, 0.1) is 23.5 Å². The summed E-state index contributed by atoms with van der Waals surface area (Å²) in [6, 6.07) is 2.78. The van der Waals surface area contributed by atoms with Gasteiger partial charge in [-0.25, -0.2) is 13.6 Å². The molecule has 72 valence electrons. The summed E-state index contributed by atoms with van der Waals surface area (Å²) in [7, 11) is 1.17. The first-order chi connectivity index (χ1) is 6.61. The maximum atomic E-state index is 12.6. The van der Waals surface area contributed by atoms with E-state index in [1.807, 2.05) is 0 Å². The van der Waals surface area contributed by atoms with Gasteiger partial charge < -0.3 is 4.74 Å². The second-order valence-electron chi connectivity index (χ2n) is 2.40. The highest BCUT2D eigenvalue weighted by Crippen LogP contribution is 2.06. The lowest BCUT2D eigenvalue weighted by atomic mass is 10.2. The molecule has 0 N–H and O–H groups in total. The summed E-state index contributed by atoms with van der Waals surface area (Å²) in [5, 5.41) is 0. The number of ether oxygens (including phenoxy) is 1. The summed E-state index contributed by atoms with van der Waals surface area (Å²) in [4.78, 5) is 10.6. The topological polar surface area (TPSA) is 26.3 Å². The number of halogens is 2. The van der Waals surface area contributed by atoms with Crippen molar-refractivity contribution in [3.63, 3.8) is 0 Å². The highest BCUT2D eigenvalue weighted by Gasteiger charge is 1.98. The van der Waals surface area contributed by atoms with Crippen molar-refractivity contribution in [3.05, 3.63) is 35.4 Å². The van der Waals surface area contributed by atoms with Crippen LogP contribution in [-0.2, 0) is 9.53 Å². The minimum atomic E-state index is -0.755. The SMILES string of the molecule is COC(=O)C#Cc1cc(F)cc(F)c1. The van der Waals surface area contributed by atoms with Crippen molar-refractivity contribution < 1.29 is 18.3 Å². The third kappa shape index (κ3) is 2.87. The fourth-order valence-electron chi connectivity index (χ4n) is 0.800. The van der Waals surface area contributed by atoms with Crippen LogP contribution in [0.1, 0.15) is 5.56 Å². The highest BCUT2D eigenvalue weighted by molar-refractivity contribution is 5.88. The second kappa shape index (κ2) is 4.38. The molecule has 0 unspecified atom stereocenters. The van der Waals surface area contributed by atoms with Crippen molar-refractivity contribution in [3.8, 4) is 11.8 Å². The number of hydrogen-bond acceptors (Lipinski definition) is 2. The van der Waals surface area contributed by atoms with Crippen molar-refractivity contribution in [2.24, 2.45) is 0 Å². The molecule has 14 heavy (non-hydrogen) atoms. The first-order valence-electron chi connectivity index (χ1n) is 3.68. The molecule has 2 nitrogen and oxygen atoms in total. The molecule has 0 heterocycles. The number of rotatable bonds is 0. The standard InChI is InChI=1S/C10H6F2O2/c1-14-10(13)3-2-7-4-8(11)6-9(12)5-7/h4-6H,1H3. The van der Waals surface area contributed by atoms with Gasteiger partial charge in [0.15, 0.2) is 0 Å². The zero-order valence-corrected chi connectivity index (χ0v) is 7.30. The number of benzene rings is 1. The van der Waals surface area contributed by atoms with Crippen molar-refractivity contribution in [2.45, 2.75) is 0 Å². The number of carbonyl (C=O) groups excluding carboxylic acids is 1.